The molecule has 0 saturated heterocycles. The number of allylic oxidation sites excluding steroid dienone is 1. The van der Waals surface area contributed by atoms with E-state index < -0.39 is 17.7 Å². The van der Waals surface area contributed by atoms with Crippen molar-refractivity contribution in [3.63, 3.8) is 0 Å². The Morgan fingerprint density at radius 2 is 1.84 bits per heavy atom. The molecule has 0 unspecified atom stereocenters. The predicted octanol–water partition coefficient (Wildman–Crippen LogP) is 2.49. The molecule has 0 atom stereocenters. The van der Waals surface area contributed by atoms with Gasteiger partial charge in [-0.15, -0.1) is 0 Å². The second-order valence-electron chi connectivity index (χ2n) is 3.75. The molecule has 19 heavy (non-hydrogen) atoms. The first-order valence-electron chi connectivity index (χ1n) is 5.30. The monoisotopic (exact) mass is 274 g/mol. The summed E-state index contributed by atoms with van der Waals surface area (Å²) in [5.74, 6) is -2.16. The lowest BCUT2D eigenvalue weighted by Gasteiger charge is -2.18. The van der Waals surface area contributed by atoms with Crippen molar-refractivity contribution < 1.29 is 32.5 Å². The molecule has 102 valence electrons. The van der Waals surface area contributed by atoms with Crippen molar-refractivity contribution in [3.05, 3.63) is 29.8 Å². The standard InChI is InChI=1S/C12H9F3O4/c13-12(14,15)11(17)6-8(16)7-1-2-9-10(5-7)19-4-3-18-9/h1-2,5-6,16H,3-4H2. The van der Waals surface area contributed by atoms with Crippen LogP contribution in [0.15, 0.2) is 24.3 Å². The van der Waals surface area contributed by atoms with Crippen LogP contribution in [-0.2, 0) is 4.79 Å². The lowest BCUT2D eigenvalue weighted by Crippen LogP contribution is -2.20. The van der Waals surface area contributed by atoms with Gasteiger partial charge in [-0.2, -0.15) is 13.2 Å². The van der Waals surface area contributed by atoms with Crippen molar-refractivity contribution in [2.75, 3.05) is 13.2 Å². The fraction of sp³-hybridized carbons (Fsp3) is 0.250. The zero-order valence-corrected chi connectivity index (χ0v) is 9.53. The van der Waals surface area contributed by atoms with Crippen LogP contribution in [0.2, 0.25) is 0 Å². The highest BCUT2D eigenvalue weighted by atomic mass is 19.4. The summed E-state index contributed by atoms with van der Waals surface area (Å²) in [6, 6.07) is 4.10. The van der Waals surface area contributed by atoms with Gasteiger partial charge < -0.3 is 14.6 Å². The SMILES string of the molecule is O=C(C=C(O)c1ccc2c(c1)OCCO2)C(F)(F)F. The number of carbonyl (C=O) groups excluding carboxylic acids is 1. The predicted molar refractivity (Wildman–Crippen MR) is 59.1 cm³/mol. The van der Waals surface area contributed by atoms with Crippen LogP contribution in [-0.4, -0.2) is 30.3 Å². The Bertz CT molecular complexity index is 534. The van der Waals surface area contributed by atoms with Crippen LogP contribution < -0.4 is 9.47 Å². The van der Waals surface area contributed by atoms with E-state index in [0.29, 0.717) is 24.7 Å². The average molecular weight is 274 g/mol. The van der Waals surface area contributed by atoms with Crippen LogP contribution in [0.3, 0.4) is 0 Å². The van der Waals surface area contributed by atoms with E-state index in [1.165, 1.54) is 18.2 Å². The largest absolute Gasteiger partial charge is 0.507 e. The van der Waals surface area contributed by atoms with Crippen LogP contribution in [0.25, 0.3) is 5.76 Å². The minimum atomic E-state index is -5.01. The molecule has 1 heterocycles. The molecule has 2 rings (SSSR count). The van der Waals surface area contributed by atoms with Gasteiger partial charge in [-0.25, -0.2) is 0 Å². The summed E-state index contributed by atoms with van der Waals surface area (Å²) in [6.07, 6.45) is -4.88. The lowest BCUT2D eigenvalue weighted by molar-refractivity contribution is -0.165. The first-order valence-corrected chi connectivity index (χ1v) is 5.30. The summed E-state index contributed by atoms with van der Waals surface area (Å²) in [6.45, 7) is 0.684. The molecule has 0 saturated carbocycles. The Kier molecular flexibility index (Phi) is 3.37. The summed E-state index contributed by atoms with van der Waals surface area (Å²) < 4.78 is 46.6. The van der Waals surface area contributed by atoms with Crippen LogP contribution in [0, 0.1) is 0 Å². The molecule has 0 fully saturated rings. The Labute approximate surface area is 106 Å². The van der Waals surface area contributed by atoms with Gasteiger partial charge >= 0.3 is 6.18 Å². The van der Waals surface area contributed by atoms with Gasteiger partial charge in [0, 0.05) is 11.6 Å². The Morgan fingerprint density at radius 3 is 2.47 bits per heavy atom. The van der Waals surface area contributed by atoms with Gasteiger partial charge in [0.1, 0.15) is 19.0 Å². The molecule has 0 amide bonds. The summed E-state index contributed by atoms with van der Waals surface area (Å²) in [4.78, 5) is 10.7. The maximum atomic E-state index is 12.0. The van der Waals surface area contributed by atoms with E-state index in [0.717, 1.165) is 0 Å². The highest BCUT2D eigenvalue weighted by molar-refractivity contribution is 5.99. The molecule has 7 heteroatoms. The highest BCUT2D eigenvalue weighted by Gasteiger charge is 2.37. The molecule has 0 radical (unpaired) electrons. The van der Waals surface area contributed by atoms with Gasteiger partial charge in [-0.1, -0.05) is 0 Å². The fourth-order valence-electron chi connectivity index (χ4n) is 1.49. The van der Waals surface area contributed by atoms with Crippen LogP contribution in [0.1, 0.15) is 5.56 Å². The summed E-state index contributed by atoms with van der Waals surface area (Å²) in [5, 5.41) is 9.50. The Balaban J connectivity index is 2.27. The number of aliphatic hydroxyl groups excluding tert-OH is 1. The van der Waals surface area contributed by atoms with Crippen molar-refractivity contribution >= 4 is 11.5 Å². The smallest absolute Gasteiger partial charge is 0.454 e. The van der Waals surface area contributed by atoms with E-state index in [4.69, 9.17) is 9.47 Å². The first-order chi connectivity index (χ1) is 8.88. The number of hydrogen-bond acceptors (Lipinski definition) is 4. The van der Waals surface area contributed by atoms with E-state index in [-0.39, 0.29) is 11.6 Å². The molecule has 1 aromatic carbocycles. The number of alkyl halides is 3. The molecule has 0 spiro atoms. The van der Waals surface area contributed by atoms with Gasteiger partial charge in [-0.05, 0) is 18.2 Å². The molecule has 1 aromatic rings. The van der Waals surface area contributed by atoms with E-state index in [9.17, 15) is 23.1 Å². The first kappa shape index (κ1) is 13.3. The summed E-state index contributed by atoms with van der Waals surface area (Å²) in [5.41, 5.74) is 0.0434. The number of benzene rings is 1. The Morgan fingerprint density at radius 1 is 1.21 bits per heavy atom. The zero-order valence-electron chi connectivity index (χ0n) is 9.53. The maximum Gasteiger partial charge on any atom is 0.454 e. The second kappa shape index (κ2) is 4.83. The second-order valence-corrected chi connectivity index (χ2v) is 3.75. The number of carbonyl (C=O) groups is 1. The van der Waals surface area contributed by atoms with Crippen LogP contribution in [0.5, 0.6) is 11.5 Å². The molecule has 4 nitrogen and oxygen atoms in total. The molecular formula is C12H9F3O4. The number of aliphatic hydroxyl groups is 1. The van der Waals surface area contributed by atoms with E-state index in [2.05, 4.69) is 0 Å². The number of fused-ring (bicyclic) bond motifs is 1. The van der Waals surface area contributed by atoms with Crippen molar-refractivity contribution in [2.24, 2.45) is 0 Å². The quantitative estimate of drug-likeness (QED) is 0.665. The molecule has 1 aliphatic heterocycles. The third-order valence-electron chi connectivity index (χ3n) is 2.39. The van der Waals surface area contributed by atoms with Crippen molar-refractivity contribution in [1.82, 2.24) is 0 Å². The van der Waals surface area contributed by atoms with Crippen LogP contribution >= 0.6 is 0 Å². The molecule has 1 N–H and O–H groups in total. The third-order valence-corrected chi connectivity index (χ3v) is 2.39. The Hall–Kier alpha value is -2.18. The van der Waals surface area contributed by atoms with Gasteiger partial charge in [0.2, 0.25) is 0 Å². The molecule has 0 aliphatic carbocycles. The van der Waals surface area contributed by atoms with Crippen LogP contribution in [0.4, 0.5) is 13.2 Å². The number of rotatable bonds is 2. The summed E-state index contributed by atoms with van der Waals surface area (Å²) in [7, 11) is 0. The fourth-order valence-corrected chi connectivity index (χ4v) is 1.49. The van der Waals surface area contributed by atoms with Gasteiger partial charge in [0.15, 0.2) is 11.5 Å². The number of ether oxygens (including phenoxy) is 2. The normalized spacial score (nSPS) is 15.2. The molecule has 0 aromatic heterocycles. The molecule has 1 aliphatic rings. The van der Waals surface area contributed by atoms with E-state index in [1.807, 2.05) is 0 Å². The number of hydrogen-bond donors (Lipinski definition) is 1. The third kappa shape index (κ3) is 2.98. The topological polar surface area (TPSA) is 55.8 Å². The zero-order chi connectivity index (χ0) is 14.0. The lowest BCUT2D eigenvalue weighted by atomic mass is 10.1. The number of halogens is 3. The van der Waals surface area contributed by atoms with Gasteiger partial charge in [0.05, 0.1) is 0 Å². The molecule has 0 bridgehead atoms. The van der Waals surface area contributed by atoms with Crippen molar-refractivity contribution in [3.8, 4) is 11.5 Å². The van der Waals surface area contributed by atoms with Crippen molar-refractivity contribution in [1.29, 1.82) is 0 Å². The molecular weight excluding hydrogens is 265 g/mol. The van der Waals surface area contributed by atoms with Gasteiger partial charge in [-0.3, -0.25) is 4.79 Å². The average Bonchev–Trinajstić information content (AvgIpc) is 2.37. The minimum absolute atomic E-state index is 0.0434. The summed E-state index contributed by atoms with van der Waals surface area (Å²) >= 11 is 0. The van der Waals surface area contributed by atoms with E-state index in [1.54, 1.807) is 0 Å². The maximum absolute atomic E-state index is 12.0. The minimum Gasteiger partial charge on any atom is -0.507 e. The van der Waals surface area contributed by atoms with Gasteiger partial charge in [0.25, 0.3) is 5.78 Å². The highest BCUT2D eigenvalue weighted by Crippen LogP contribution is 2.32. The number of ketones is 1. The van der Waals surface area contributed by atoms with E-state index >= 15 is 0 Å². The van der Waals surface area contributed by atoms with Crippen molar-refractivity contribution in [2.45, 2.75) is 6.18 Å².